The van der Waals surface area contributed by atoms with E-state index < -0.39 is 48.7 Å². The zero-order valence-electron chi connectivity index (χ0n) is 16.9. The summed E-state index contributed by atoms with van der Waals surface area (Å²) in [5.41, 5.74) is 1.64. The molecule has 1 heterocycles. The summed E-state index contributed by atoms with van der Waals surface area (Å²) in [6.07, 6.45) is -6.98. The van der Waals surface area contributed by atoms with Gasteiger partial charge in [-0.2, -0.15) is 0 Å². The molecule has 5 atom stereocenters. The summed E-state index contributed by atoms with van der Waals surface area (Å²) < 4.78 is 10.7. The van der Waals surface area contributed by atoms with Gasteiger partial charge in [-0.1, -0.05) is 6.07 Å². The molecule has 4 rings (SSSR count). The fraction of sp³-hybridized carbons (Fsp3) is 0.409. The predicted molar refractivity (Wildman–Crippen MR) is 106 cm³/mol. The maximum atomic E-state index is 13.2. The van der Waals surface area contributed by atoms with Crippen LogP contribution >= 0.6 is 0 Å². The van der Waals surface area contributed by atoms with Gasteiger partial charge in [-0.25, -0.2) is 0 Å². The molecule has 0 spiro atoms. The normalized spacial score (nSPS) is 27.5. The van der Waals surface area contributed by atoms with Crippen molar-refractivity contribution in [1.29, 1.82) is 0 Å². The van der Waals surface area contributed by atoms with Crippen molar-refractivity contribution in [2.75, 3.05) is 13.7 Å². The summed E-state index contributed by atoms with van der Waals surface area (Å²) in [6, 6.07) is 4.63. The number of ketones is 1. The van der Waals surface area contributed by atoms with E-state index in [9.17, 15) is 35.4 Å². The first-order valence-corrected chi connectivity index (χ1v) is 9.80. The number of phenols is 2. The molecule has 2 aromatic rings. The Morgan fingerprint density at radius 1 is 1.03 bits per heavy atom. The van der Waals surface area contributed by atoms with Crippen molar-refractivity contribution in [3.63, 3.8) is 0 Å². The van der Waals surface area contributed by atoms with Crippen LogP contribution in [0.15, 0.2) is 18.2 Å². The number of carbonyl (C=O) groups is 1. The minimum absolute atomic E-state index is 0.0365. The van der Waals surface area contributed by atoms with E-state index >= 15 is 0 Å². The molecule has 0 aromatic heterocycles. The Labute approximate surface area is 177 Å². The first-order chi connectivity index (χ1) is 14.7. The van der Waals surface area contributed by atoms with E-state index in [1.165, 1.54) is 13.2 Å². The van der Waals surface area contributed by atoms with E-state index in [1.54, 1.807) is 19.1 Å². The van der Waals surface area contributed by atoms with E-state index in [0.29, 0.717) is 22.4 Å². The van der Waals surface area contributed by atoms with E-state index in [1.807, 2.05) is 0 Å². The molecule has 1 aliphatic heterocycles. The summed E-state index contributed by atoms with van der Waals surface area (Å²) in [7, 11) is 1.45. The molecule has 0 saturated carbocycles. The van der Waals surface area contributed by atoms with Gasteiger partial charge in [-0.15, -0.1) is 0 Å². The van der Waals surface area contributed by atoms with Gasteiger partial charge in [0.05, 0.1) is 24.8 Å². The van der Waals surface area contributed by atoms with Crippen LogP contribution in [0.1, 0.15) is 44.3 Å². The minimum atomic E-state index is -1.63. The van der Waals surface area contributed by atoms with Crippen LogP contribution in [0.5, 0.6) is 17.2 Å². The third-order valence-electron chi connectivity index (χ3n) is 6.05. The lowest BCUT2D eigenvalue weighted by Crippen LogP contribution is -2.55. The highest BCUT2D eigenvalue weighted by Crippen LogP contribution is 2.45. The SMILES string of the molecule is COc1cc(O)c2c(c1)Cc1cc(C)c(C3O[C@H](CO)[C@@H](O)[C@H](O)[C@H]3O)c(O)c1C2=O. The molecule has 1 fully saturated rings. The number of aryl methyl sites for hydroxylation is 1. The van der Waals surface area contributed by atoms with Gasteiger partial charge in [-0.05, 0) is 36.1 Å². The maximum absolute atomic E-state index is 13.2. The Morgan fingerprint density at radius 3 is 2.35 bits per heavy atom. The van der Waals surface area contributed by atoms with Gasteiger partial charge in [0.1, 0.15) is 47.8 Å². The number of aliphatic hydroxyl groups excluding tert-OH is 4. The number of phenolic OH excluding ortho intramolecular Hbond substituents is 2. The van der Waals surface area contributed by atoms with Crippen molar-refractivity contribution in [2.45, 2.75) is 43.9 Å². The van der Waals surface area contributed by atoms with Gasteiger partial charge in [0.2, 0.25) is 5.78 Å². The molecule has 2 aliphatic rings. The summed E-state index contributed by atoms with van der Waals surface area (Å²) in [6.45, 7) is 1.04. The molecular formula is C22H24O9. The first-order valence-electron chi connectivity index (χ1n) is 9.80. The van der Waals surface area contributed by atoms with Crippen LogP contribution in [-0.4, -0.2) is 74.6 Å². The zero-order valence-corrected chi connectivity index (χ0v) is 16.9. The largest absolute Gasteiger partial charge is 0.507 e. The number of fused-ring (bicyclic) bond motifs is 2. The molecule has 1 aliphatic carbocycles. The molecule has 6 N–H and O–H groups in total. The Morgan fingerprint density at radius 2 is 1.71 bits per heavy atom. The molecule has 2 aromatic carbocycles. The summed E-state index contributed by atoms with van der Waals surface area (Å²) in [4.78, 5) is 13.2. The highest BCUT2D eigenvalue weighted by Gasteiger charge is 2.46. The monoisotopic (exact) mass is 432 g/mol. The average Bonchev–Trinajstić information content (AvgIpc) is 2.72. The van der Waals surface area contributed by atoms with Crippen LogP contribution in [0.3, 0.4) is 0 Å². The number of hydrogen-bond donors (Lipinski definition) is 6. The molecule has 166 valence electrons. The van der Waals surface area contributed by atoms with Crippen LogP contribution < -0.4 is 4.74 Å². The van der Waals surface area contributed by atoms with E-state index in [-0.39, 0.29) is 28.9 Å². The second-order valence-electron chi connectivity index (χ2n) is 7.93. The van der Waals surface area contributed by atoms with E-state index in [0.717, 1.165) is 0 Å². The summed E-state index contributed by atoms with van der Waals surface area (Å²) in [5.74, 6) is -0.921. The average molecular weight is 432 g/mol. The van der Waals surface area contributed by atoms with Crippen LogP contribution in [0.25, 0.3) is 0 Å². The number of methoxy groups -OCH3 is 1. The highest BCUT2D eigenvalue weighted by atomic mass is 16.5. The Hall–Kier alpha value is -2.69. The van der Waals surface area contributed by atoms with Crippen molar-refractivity contribution >= 4 is 5.78 Å². The van der Waals surface area contributed by atoms with Crippen molar-refractivity contribution in [3.05, 3.63) is 51.6 Å². The number of aliphatic hydroxyl groups is 4. The van der Waals surface area contributed by atoms with E-state index in [4.69, 9.17) is 9.47 Å². The molecule has 9 nitrogen and oxygen atoms in total. The fourth-order valence-corrected chi connectivity index (χ4v) is 4.48. The van der Waals surface area contributed by atoms with E-state index in [2.05, 4.69) is 0 Å². The van der Waals surface area contributed by atoms with Gasteiger partial charge in [0.15, 0.2) is 0 Å². The lowest BCUT2D eigenvalue weighted by Gasteiger charge is -2.41. The fourth-order valence-electron chi connectivity index (χ4n) is 4.48. The number of hydrogen-bond acceptors (Lipinski definition) is 9. The van der Waals surface area contributed by atoms with Gasteiger partial charge >= 0.3 is 0 Å². The van der Waals surface area contributed by atoms with Gasteiger partial charge < -0.3 is 40.1 Å². The van der Waals surface area contributed by atoms with Crippen molar-refractivity contribution in [3.8, 4) is 17.2 Å². The standard InChI is InChI=1S/C22H24O9/c1-8-3-9-4-10-5-11(30-2)6-12(24)15(10)19(27)16(9)18(26)14(8)22-21(29)20(28)17(25)13(7-23)31-22/h3,5-6,13,17,20-26,28-29H,4,7H2,1-2H3/t13-,17-,20+,21-,22?/m1/s1. The predicted octanol–water partition coefficient (Wildman–Crippen LogP) is 0.0649. The van der Waals surface area contributed by atoms with Crippen LogP contribution in [0.4, 0.5) is 0 Å². The van der Waals surface area contributed by atoms with Gasteiger partial charge in [0.25, 0.3) is 0 Å². The Balaban J connectivity index is 1.84. The lowest BCUT2D eigenvalue weighted by atomic mass is 9.79. The van der Waals surface area contributed by atoms with Crippen molar-refractivity contribution in [2.24, 2.45) is 0 Å². The molecule has 1 unspecified atom stereocenters. The number of rotatable bonds is 3. The lowest BCUT2D eigenvalue weighted by molar-refractivity contribution is -0.232. The summed E-state index contributed by atoms with van der Waals surface area (Å²) in [5, 5.41) is 61.5. The molecule has 0 bridgehead atoms. The minimum Gasteiger partial charge on any atom is -0.507 e. The second kappa shape index (κ2) is 7.77. The third kappa shape index (κ3) is 3.26. The molecule has 0 radical (unpaired) electrons. The number of aromatic hydroxyl groups is 2. The Kier molecular flexibility index (Phi) is 5.40. The molecule has 9 heteroatoms. The topological polar surface area (TPSA) is 157 Å². The zero-order chi connectivity index (χ0) is 22.6. The van der Waals surface area contributed by atoms with Crippen molar-refractivity contribution < 1.29 is 44.9 Å². The molecule has 1 saturated heterocycles. The molecular weight excluding hydrogens is 408 g/mol. The molecule has 31 heavy (non-hydrogen) atoms. The highest BCUT2D eigenvalue weighted by molar-refractivity contribution is 6.16. The molecule has 0 amide bonds. The smallest absolute Gasteiger partial charge is 0.201 e. The first kappa shape index (κ1) is 21.5. The maximum Gasteiger partial charge on any atom is 0.201 e. The number of benzene rings is 2. The summed E-state index contributed by atoms with van der Waals surface area (Å²) >= 11 is 0. The van der Waals surface area contributed by atoms with Crippen LogP contribution in [-0.2, 0) is 11.2 Å². The number of carbonyl (C=O) groups excluding carboxylic acids is 1. The van der Waals surface area contributed by atoms with Gasteiger partial charge in [0, 0.05) is 11.6 Å². The van der Waals surface area contributed by atoms with Crippen LogP contribution in [0, 0.1) is 6.92 Å². The quantitative estimate of drug-likeness (QED) is 0.337. The second-order valence-corrected chi connectivity index (χ2v) is 7.93. The van der Waals surface area contributed by atoms with Crippen LogP contribution in [0.2, 0.25) is 0 Å². The third-order valence-corrected chi connectivity index (χ3v) is 6.05. The van der Waals surface area contributed by atoms with Gasteiger partial charge in [-0.3, -0.25) is 4.79 Å². The number of ether oxygens (including phenoxy) is 2. The van der Waals surface area contributed by atoms with Crippen molar-refractivity contribution in [1.82, 2.24) is 0 Å². The Bertz CT molecular complexity index is 1050.